The van der Waals surface area contributed by atoms with Crippen LogP contribution < -0.4 is 5.32 Å². The number of benzene rings is 2. The molecule has 0 radical (unpaired) electrons. The quantitative estimate of drug-likeness (QED) is 0.623. The third-order valence-corrected chi connectivity index (χ3v) is 4.87. The smallest absolute Gasteiger partial charge is 0.338 e. The zero-order valence-electron chi connectivity index (χ0n) is 15.2. The lowest BCUT2D eigenvalue weighted by atomic mass is 9.97. The molecule has 0 aliphatic carbocycles. The predicted octanol–water partition coefficient (Wildman–Crippen LogP) is 3.61. The van der Waals surface area contributed by atoms with Gasteiger partial charge in [0.05, 0.1) is 18.7 Å². The number of nitrogens with one attached hydrogen (secondary N) is 2. The number of esters is 1. The minimum Gasteiger partial charge on any atom is -0.465 e. The number of halogens is 1. The Bertz CT molecular complexity index is 1070. The van der Waals surface area contributed by atoms with Crippen LogP contribution in [0, 0.1) is 17.2 Å². The van der Waals surface area contributed by atoms with E-state index < -0.39 is 17.8 Å². The maximum atomic E-state index is 12.5. The number of nitriles is 1. The van der Waals surface area contributed by atoms with Crippen molar-refractivity contribution in [2.75, 3.05) is 7.11 Å². The molecule has 0 spiro atoms. The van der Waals surface area contributed by atoms with Crippen molar-refractivity contribution in [1.82, 2.24) is 10.3 Å². The van der Waals surface area contributed by atoms with Crippen molar-refractivity contribution in [1.29, 1.82) is 5.26 Å². The number of methoxy groups -OCH3 is 1. The Hall–Kier alpha value is -3.30. The van der Waals surface area contributed by atoms with E-state index in [1.165, 1.54) is 7.11 Å². The van der Waals surface area contributed by atoms with Crippen LogP contribution in [0.1, 0.15) is 21.5 Å². The fourth-order valence-electron chi connectivity index (χ4n) is 3.06. The summed E-state index contributed by atoms with van der Waals surface area (Å²) in [5.41, 5.74) is 2.61. The minimum atomic E-state index is -0.910. The molecule has 7 heteroatoms. The van der Waals surface area contributed by atoms with E-state index in [1.54, 1.807) is 24.4 Å². The normalized spacial score (nSPS) is 11.6. The number of aromatic nitrogens is 1. The van der Waals surface area contributed by atoms with Gasteiger partial charge in [-0.15, -0.1) is 0 Å². The van der Waals surface area contributed by atoms with Crippen LogP contribution in [0.5, 0.6) is 0 Å². The van der Waals surface area contributed by atoms with Crippen LogP contribution in [0.15, 0.2) is 48.7 Å². The van der Waals surface area contributed by atoms with Gasteiger partial charge in [-0.05, 0) is 35.7 Å². The fourth-order valence-corrected chi connectivity index (χ4v) is 3.26. The van der Waals surface area contributed by atoms with Crippen molar-refractivity contribution in [3.8, 4) is 6.07 Å². The second kappa shape index (κ2) is 8.59. The number of carbonyl (C=O) groups is 2. The van der Waals surface area contributed by atoms with Gasteiger partial charge in [0.1, 0.15) is 5.92 Å². The lowest BCUT2D eigenvalue weighted by Gasteiger charge is -2.11. The molecule has 1 amide bonds. The van der Waals surface area contributed by atoms with Crippen LogP contribution in [0.3, 0.4) is 0 Å². The van der Waals surface area contributed by atoms with E-state index in [2.05, 4.69) is 10.3 Å². The molecule has 1 atom stereocenters. The van der Waals surface area contributed by atoms with Gasteiger partial charge in [-0.3, -0.25) is 4.79 Å². The third-order valence-electron chi connectivity index (χ3n) is 4.50. The van der Waals surface area contributed by atoms with Crippen molar-refractivity contribution in [3.05, 3.63) is 70.4 Å². The number of ether oxygens (including phenoxy) is 1. The summed E-state index contributed by atoms with van der Waals surface area (Å²) in [6, 6.07) is 14.5. The number of carbonyl (C=O) groups excluding carboxylic acids is 2. The third kappa shape index (κ3) is 4.00. The van der Waals surface area contributed by atoms with Gasteiger partial charge in [0, 0.05) is 28.7 Å². The van der Waals surface area contributed by atoms with Crippen LogP contribution in [0.2, 0.25) is 5.02 Å². The molecule has 142 valence electrons. The van der Waals surface area contributed by atoms with Gasteiger partial charge >= 0.3 is 5.97 Å². The molecule has 1 aromatic heterocycles. The topological polar surface area (TPSA) is 95.0 Å². The van der Waals surface area contributed by atoms with Crippen LogP contribution in [0.4, 0.5) is 0 Å². The Morgan fingerprint density at radius 3 is 2.71 bits per heavy atom. The Labute approximate surface area is 167 Å². The monoisotopic (exact) mass is 395 g/mol. The van der Waals surface area contributed by atoms with Crippen molar-refractivity contribution < 1.29 is 14.3 Å². The molecule has 3 aromatic rings. The molecule has 0 bridgehead atoms. The predicted molar refractivity (Wildman–Crippen MR) is 106 cm³/mol. The summed E-state index contributed by atoms with van der Waals surface area (Å²) in [5.74, 6) is -1.78. The fraction of sp³-hybridized carbons (Fsp3) is 0.190. The first-order valence-electron chi connectivity index (χ1n) is 8.63. The van der Waals surface area contributed by atoms with Gasteiger partial charge in [-0.1, -0.05) is 35.9 Å². The molecule has 3 rings (SSSR count). The summed E-state index contributed by atoms with van der Waals surface area (Å²) in [6.07, 6.45) is 1.88. The molecule has 6 nitrogen and oxygen atoms in total. The SMILES string of the molecule is COC(=O)c1cccc2[nH]cc(CC(C#N)C(=O)NCc3ccccc3Cl)c12. The first-order valence-corrected chi connectivity index (χ1v) is 9.01. The molecule has 0 aliphatic rings. The van der Waals surface area contributed by atoms with Gasteiger partial charge in [0.2, 0.25) is 5.91 Å². The number of nitrogens with zero attached hydrogens (tertiary/aromatic N) is 1. The highest BCUT2D eigenvalue weighted by atomic mass is 35.5. The largest absolute Gasteiger partial charge is 0.465 e. The minimum absolute atomic E-state index is 0.166. The first-order chi connectivity index (χ1) is 13.5. The molecule has 2 N–H and O–H groups in total. The number of fused-ring (bicyclic) bond motifs is 1. The molecular weight excluding hydrogens is 378 g/mol. The van der Waals surface area contributed by atoms with Gasteiger partial charge in [-0.2, -0.15) is 5.26 Å². The highest BCUT2D eigenvalue weighted by Crippen LogP contribution is 2.25. The van der Waals surface area contributed by atoms with Crippen molar-refractivity contribution >= 4 is 34.4 Å². The van der Waals surface area contributed by atoms with E-state index in [4.69, 9.17) is 16.3 Å². The molecule has 0 fully saturated rings. The van der Waals surface area contributed by atoms with E-state index in [0.29, 0.717) is 21.5 Å². The van der Waals surface area contributed by atoms with Crippen molar-refractivity contribution in [2.45, 2.75) is 13.0 Å². The number of amides is 1. The van der Waals surface area contributed by atoms with Crippen molar-refractivity contribution in [3.63, 3.8) is 0 Å². The van der Waals surface area contributed by atoms with E-state index in [1.807, 2.05) is 30.3 Å². The van der Waals surface area contributed by atoms with E-state index in [9.17, 15) is 14.9 Å². The summed E-state index contributed by atoms with van der Waals surface area (Å²) in [7, 11) is 1.31. The Morgan fingerprint density at radius 1 is 1.21 bits per heavy atom. The molecule has 2 aromatic carbocycles. The summed E-state index contributed by atoms with van der Waals surface area (Å²) >= 11 is 6.10. The van der Waals surface area contributed by atoms with Gasteiger partial charge in [0.25, 0.3) is 0 Å². The van der Waals surface area contributed by atoms with Gasteiger partial charge in [-0.25, -0.2) is 4.79 Å². The second-order valence-electron chi connectivity index (χ2n) is 6.23. The molecule has 1 unspecified atom stereocenters. The number of hydrogen-bond donors (Lipinski definition) is 2. The highest BCUT2D eigenvalue weighted by molar-refractivity contribution is 6.31. The van der Waals surface area contributed by atoms with Crippen LogP contribution in [0.25, 0.3) is 10.9 Å². The first kappa shape index (κ1) is 19.5. The summed E-state index contributed by atoms with van der Waals surface area (Å²) in [6.45, 7) is 0.234. The summed E-state index contributed by atoms with van der Waals surface area (Å²) < 4.78 is 4.84. The van der Waals surface area contributed by atoms with Crippen LogP contribution in [-0.4, -0.2) is 24.0 Å². The number of aromatic amines is 1. The summed E-state index contributed by atoms with van der Waals surface area (Å²) in [5, 5.41) is 13.5. The van der Waals surface area contributed by atoms with E-state index >= 15 is 0 Å². The van der Waals surface area contributed by atoms with Crippen molar-refractivity contribution in [2.24, 2.45) is 5.92 Å². The molecule has 0 aliphatic heterocycles. The molecule has 1 heterocycles. The summed E-state index contributed by atoms with van der Waals surface area (Å²) in [4.78, 5) is 27.7. The lowest BCUT2D eigenvalue weighted by Crippen LogP contribution is -2.30. The van der Waals surface area contributed by atoms with Gasteiger partial charge < -0.3 is 15.0 Å². The van der Waals surface area contributed by atoms with Crippen LogP contribution >= 0.6 is 11.6 Å². The standard InChI is InChI=1S/C21H18ClN3O3/c1-28-21(27)16-6-4-8-18-19(16)15(12-24-18)9-14(10-23)20(26)25-11-13-5-2-3-7-17(13)22/h2-8,12,14,24H,9,11H2,1H3,(H,25,26). The Kier molecular flexibility index (Phi) is 5.97. The molecule has 0 saturated carbocycles. The maximum Gasteiger partial charge on any atom is 0.338 e. The zero-order valence-corrected chi connectivity index (χ0v) is 15.9. The van der Waals surface area contributed by atoms with E-state index in [0.717, 1.165) is 11.1 Å². The number of H-pyrrole nitrogens is 1. The Morgan fingerprint density at radius 2 is 2.00 bits per heavy atom. The zero-order chi connectivity index (χ0) is 20.1. The molecule has 28 heavy (non-hydrogen) atoms. The highest BCUT2D eigenvalue weighted by Gasteiger charge is 2.22. The number of rotatable bonds is 6. The lowest BCUT2D eigenvalue weighted by molar-refractivity contribution is -0.123. The molecule has 0 saturated heterocycles. The molecular formula is C21H18ClN3O3. The second-order valence-corrected chi connectivity index (χ2v) is 6.64. The van der Waals surface area contributed by atoms with Gasteiger partial charge in [0.15, 0.2) is 0 Å². The Balaban J connectivity index is 1.79. The maximum absolute atomic E-state index is 12.5. The average molecular weight is 396 g/mol. The number of hydrogen-bond acceptors (Lipinski definition) is 4. The van der Waals surface area contributed by atoms with E-state index in [-0.39, 0.29) is 13.0 Å². The average Bonchev–Trinajstić information content (AvgIpc) is 3.13. The van der Waals surface area contributed by atoms with Crippen LogP contribution in [-0.2, 0) is 22.5 Å².